The smallest absolute Gasteiger partial charge is 0.221 e. The number of nitrogens with zero attached hydrogens (tertiary/aromatic N) is 1. The van der Waals surface area contributed by atoms with E-state index in [0.717, 1.165) is 21.1 Å². The van der Waals surface area contributed by atoms with Crippen LogP contribution in [-0.4, -0.2) is 56.1 Å². The van der Waals surface area contributed by atoms with Crippen molar-refractivity contribution in [3.8, 4) is 21.0 Å². The van der Waals surface area contributed by atoms with Gasteiger partial charge in [-0.2, -0.15) is 0 Å². The molecule has 0 bridgehead atoms. The van der Waals surface area contributed by atoms with Crippen LogP contribution in [0.4, 0.5) is 11.4 Å². The van der Waals surface area contributed by atoms with E-state index in [9.17, 15) is 19.6 Å². The van der Waals surface area contributed by atoms with Crippen molar-refractivity contribution in [2.75, 3.05) is 23.8 Å². The average molecular weight is 548 g/mol. The minimum atomic E-state index is -1.77. The van der Waals surface area contributed by atoms with E-state index < -0.39 is 17.4 Å². The summed E-state index contributed by atoms with van der Waals surface area (Å²) < 4.78 is 15.8. The first-order valence-corrected chi connectivity index (χ1v) is 13.5. The van der Waals surface area contributed by atoms with Crippen LogP contribution in [0.2, 0.25) is 0 Å². The van der Waals surface area contributed by atoms with Crippen LogP contribution < -0.4 is 20.7 Å². The highest BCUT2D eigenvalue weighted by atomic mass is 32.2. The minimum Gasteiger partial charge on any atom is -0.593 e. The van der Waals surface area contributed by atoms with Crippen LogP contribution in [0.15, 0.2) is 53.6 Å². The van der Waals surface area contributed by atoms with Gasteiger partial charge in [-0.3, -0.25) is 4.79 Å². The zero-order valence-electron chi connectivity index (χ0n) is 20.1. The minimum absolute atomic E-state index is 0.234. The molecule has 1 heterocycles. The van der Waals surface area contributed by atoms with Crippen molar-refractivity contribution < 1.29 is 19.6 Å². The molecular weight excluding hydrogens is 518 g/mol. The highest BCUT2D eigenvalue weighted by molar-refractivity contribution is 7.89. The van der Waals surface area contributed by atoms with E-state index in [4.69, 9.17) is 12.2 Å². The Kier molecular flexibility index (Phi) is 10.2. The lowest BCUT2D eigenvalue weighted by atomic mass is 10.2. The first kappa shape index (κ1) is 28.0. The van der Waals surface area contributed by atoms with Gasteiger partial charge in [0.15, 0.2) is 10.0 Å². The summed E-state index contributed by atoms with van der Waals surface area (Å²) in [5.74, 6) is -0.255. The van der Waals surface area contributed by atoms with Crippen molar-refractivity contribution in [2.45, 2.75) is 37.8 Å². The zero-order chi connectivity index (χ0) is 26.2. The van der Waals surface area contributed by atoms with Gasteiger partial charge in [-0.25, -0.2) is 4.98 Å². The number of aromatic nitrogens is 1. The molecule has 192 valence electrons. The highest BCUT2D eigenvalue weighted by Gasteiger charge is 2.24. The number of anilines is 2. The Labute approximate surface area is 222 Å². The van der Waals surface area contributed by atoms with Gasteiger partial charge in [-0.05, 0) is 62.5 Å². The Balaban J connectivity index is 1.87. The number of nitrogens with one attached hydrogen (secondary N) is 4. The fourth-order valence-corrected chi connectivity index (χ4v) is 5.73. The number of rotatable bonds is 10. The van der Waals surface area contributed by atoms with Gasteiger partial charge < -0.3 is 30.7 Å². The standard InChI is InChI=1S/C24H29N5O4S3/c1-14(2)26-24(34)28-17-6-4-16(5-7-17)23-25-11-21(35-23)20-9-8-18(27-15(3)32)10-22(20)36(33)29-19(12-30)13-31/h4-11,14,19,29-31H,12-13H2,1-3H3,(H,27,32)(H2,26,28,34). The van der Waals surface area contributed by atoms with Crippen molar-refractivity contribution in [3.05, 3.63) is 48.7 Å². The van der Waals surface area contributed by atoms with Gasteiger partial charge in [0.25, 0.3) is 0 Å². The van der Waals surface area contributed by atoms with E-state index in [1.54, 1.807) is 24.4 Å². The van der Waals surface area contributed by atoms with Crippen molar-refractivity contribution in [1.29, 1.82) is 0 Å². The molecule has 0 aliphatic carbocycles. The number of thiocarbonyl (C=S) groups is 1. The predicted molar refractivity (Wildman–Crippen MR) is 149 cm³/mol. The summed E-state index contributed by atoms with van der Waals surface area (Å²) in [4.78, 5) is 17.2. The largest absolute Gasteiger partial charge is 0.593 e. The molecule has 0 saturated heterocycles. The van der Waals surface area contributed by atoms with Crippen LogP contribution in [0.1, 0.15) is 20.8 Å². The second-order valence-electron chi connectivity index (χ2n) is 8.20. The summed E-state index contributed by atoms with van der Waals surface area (Å²) in [6.45, 7) is 4.66. The third kappa shape index (κ3) is 7.71. The normalized spacial score (nSPS) is 12.0. The summed E-state index contributed by atoms with van der Waals surface area (Å²) >= 11 is 4.95. The fourth-order valence-electron chi connectivity index (χ4n) is 3.17. The third-order valence-corrected chi connectivity index (χ3v) is 7.38. The number of carbonyl (C=O) groups is 1. The SMILES string of the molecule is CC(=O)Nc1ccc(-c2cnc(-c3ccc(NC(=S)NC(C)C)cc3)s2)c([S+]([O-])NC(CO)CO)c1. The maximum atomic E-state index is 13.1. The predicted octanol–water partition coefficient (Wildman–Crippen LogP) is 3.10. The molecule has 1 aromatic heterocycles. The molecule has 3 aromatic rings. The lowest BCUT2D eigenvalue weighted by molar-refractivity contribution is -0.114. The van der Waals surface area contributed by atoms with E-state index in [1.165, 1.54) is 18.3 Å². The van der Waals surface area contributed by atoms with Gasteiger partial charge in [0.2, 0.25) is 5.91 Å². The van der Waals surface area contributed by atoms with Crippen LogP contribution in [-0.2, 0) is 16.2 Å². The number of aliphatic hydroxyl groups excluding tert-OH is 2. The van der Waals surface area contributed by atoms with Crippen LogP contribution >= 0.6 is 23.6 Å². The van der Waals surface area contributed by atoms with Gasteiger partial charge in [0.1, 0.15) is 5.01 Å². The molecule has 0 fully saturated rings. The van der Waals surface area contributed by atoms with Crippen LogP contribution in [0.5, 0.6) is 0 Å². The molecule has 6 N–H and O–H groups in total. The van der Waals surface area contributed by atoms with Gasteiger partial charge in [-0.1, -0.05) is 0 Å². The van der Waals surface area contributed by atoms with Crippen LogP contribution in [0.3, 0.4) is 0 Å². The van der Waals surface area contributed by atoms with Crippen LogP contribution in [0, 0.1) is 0 Å². The second kappa shape index (κ2) is 13.1. The Hall–Kier alpha value is -2.58. The molecule has 0 spiro atoms. The van der Waals surface area contributed by atoms with E-state index in [1.807, 2.05) is 38.1 Å². The summed E-state index contributed by atoms with van der Waals surface area (Å²) in [5, 5.41) is 29.1. The van der Waals surface area contributed by atoms with Gasteiger partial charge >= 0.3 is 0 Å². The topological polar surface area (TPSA) is 142 Å². The summed E-state index contributed by atoms with van der Waals surface area (Å²) in [7, 11) is 0. The number of amides is 1. The Bertz CT molecular complexity index is 1180. The molecule has 9 nitrogen and oxygen atoms in total. The van der Waals surface area contributed by atoms with Crippen molar-refractivity contribution in [1.82, 2.24) is 15.0 Å². The summed E-state index contributed by atoms with van der Waals surface area (Å²) in [5.41, 5.74) is 2.92. The number of benzene rings is 2. The Morgan fingerprint density at radius 3 is 2.39 bits per heavy atom. The molecule has 0 radical (unpaired) electrons. The molecule has 1 unspecified atom stereocenters. The molecule has 0 saturated carbocycles. The number of hydrogen-bond acceptors (Lipinski definition) is 8. The first-order chi connectivity index (χ1) is 17.2. The molecule has 2 aromatic carbocycles. The number of hydrogen-bond donors (Lipinski definition) is 6. The van der Waals surface area contributed by atoms with Crippen molar-refractivity contribution >= 4 is 57.3 Å². The van der Waals surface area contributed by atoms with Crippen molar-refractivity contribution in [3.63, 3.8) is 0 Å². The van der Waals surface area contributed by atoms with Crippen molar-refractivity contribution in [2.24, 2.45) is 0 Å². The van der Waals surface area contributed by atoms with E-state index in [-0.39, 0.29) is 25.2 Å². The van der Waals surface area contributed by atoms with E-state index in [0.29, 0.717) is 21.3 Å². The molecule has 1 amide bonds. The maximum Gasteiger partial charge on any atom is 0.221 e. The zero-order valence-corrected chi connectivity index (χ0v) is 22.5. The number of thiazole rings is 1. The molecule has 0 aliphatic heterocycles. The average Bonchev–Trinajstić information content (AvgIpc) is 3.32. The molecular formula is C24H29N5O4S3. The molecule has 0 aliphatic rings. The third-order valence-electron chi connectivity index (χ3n) is 4.80. The fraction of sp³-hybridized carbons (Fsp3) is 0.292. The van der Waals surface area contributed by atoms with Gasteiger partial charge in [0.05, 0.1) is 41.1 Å². The van der Waals surface area contributed by atoms with Gasteiger partial charge in [0, 0.05) is 42.2 Å². The Morgan fingerprint density at radius 2 is 1.78 bits per heavy atom. The number of carbonyl (C=O) groups excluding carboxylic acids is 1. The van der Waals surface area contributed by atoms with E-state index >= 15 is 0 Å². The molecule has 12 heteroatoms. The Morgan fingerprint density at radius 1 is 1.11 bits per heavy atom. The molecule has 3 rings (SSSR count). The molecule has 36 heavy (non-hydrogen) atoms. The maximum absolute atomic E-state index is 13.1. The lowest BCUT2D eigenvalue weighted by Gasteiger charge is -2.18. The molecule has 1 atom stereocenters. The highest BCUT2D eigenvalue weighted by Crippen LogP contribution is 2.37. The van der Waals surface area contributed by atoms with Gasteiger partial charge in [-0.15, -0.1) is 16.1 Å². The first-order valence-electron chi connectivity index (χ1n) is 11.2. The van der Waals surface area contributed by atoms with Crippen LogP contribution in [0.25, 0.3) is 21.0 Å². The second-order valence-corrected chi connectivity index (χ2v) is 10.9. The lowest BCUT2D eigenvalue weighted by Crippen LogP contribution is -2.40. The summed E-state index contributed by atoms with van der Waals surface area (Å²) in [6.07, 6.45) is 1.71. The van der Waals surface area contributed by atoms with E-state index in [2.05, 4.69) is 25.7 Å². The monoisotopic (exact) mass is 547 g/mol. The quantitative estimate of drug-likeness (QED) is 0.167. The number of aliphatic hydroxyl groups is 2. The summed E-state index contributed by atoms with van der Waals surface area (Å²) in [6, 6.07) is 12.3.